The van der Waals surface area contributed by atoms with E-state index in [4.69, 9.17) is 4.74 Å². The Bertz CT molecular complexity index is 405. The maximum Gasteiger partial charge on any atom is 0.120 e. The van der Waals surface area contributed by atoms with E-state index in [1.165, 1.54) is 5.56 Å². The van der Waals surface area contributed by atoms with Crippen molar-refractivity contribution >= 4 is 0 Å². The van der Waals surface area contributed by atoms with E-state index in [2.05, 4.69) is 38.2 Å². The third-order valence-electron chi connectivity index (χ3n) is 4.35. The van der Waals surface area contributed by atoms with Gasteiger partial charge in [0.1, 0.15) is 5.75 Å². The monoisotopic (exact) mass is 293 g/mol. The first-order chi connectivity index (χ1) is 9.96. The van der Waals surface area contributed by atoms with Crippen molar-refractivity contribution < 1.29 is 9.84 Å². The van der Waals surface area contributed by atoms with Gasteiger partial charge in [-0.2, -0.15) is 0 Å². The zero-order chi connectivity index (χ0) is 15.9. The van der Waals surface area contributed by atoms with Gasteiger partial charge in [-0.05, 0) is 51.3 Å². The van der Waals surface area contributed by atoms with E-state index in [9.17, 15) is 5.11 Å². The number of aliphatic hydroxyl groups is 1. The Hall–Kier alpha value is -1.06. The fourth-order valence-corrected chi connectivity index (χ4v) is 2.40. The van der Waals surface area contributed by atoms with Crippen LogP contribution < -0.4 is 10.1 Å². The lowest BCUT2D eigenvalue weighted by Gasteiger charge is -2.31. The van der Waals surface area contributed by atoms with Gasteiger partial charge in [0.25, 0.3) is 0 Å². The molecule has 1 rings (SSSR count). The van der Waals surface area contributed by atoms with Crippen LogP contribution in [-0.2, 0) is 0 Å². The van der Waals surface area contributed by atoms with Crippen LogP contribution >= 0.6 is 0 Å². The maximum atomic E-state index is 9.64. The molecule has 3 nitrogen and oxygen atoms in total. The van der Waals surface area contributed by atoms with Gasteiger partial charge in [0, 0.05) is 24.6 Å². The van der Waals surface area contributed by atoms with Crippen molar-refractivity contribution in [2.24, 2.45) is 5.41 Å². The fourth-order valence-electron chi connectivity index (χ4n) is 2.40. The standard InChI is InChI=1S/C18H31NO2/c1-6-18(7-2,13-20)12-19-15(5)16-9-8-10-17(11-16)21-14(3)4/h8-11,14-15,19-20H,6-7,12-13H2,1-5H3. The minimum Gasteiger partial charge on any atom is -0.491 e. The molecule has 0 aliphatic heterocycles. The minimum atomic E-state index is -0.0136. The molecule has 0 aliphatic carbocycles. The van der Waals surface area contributed by atoms with Crippen LogP contribution in [0.15, 0.2) is 24.3 Å². The number of nitrogens with one attached hydrogen (secondary N) is 1. The molecule has 1 aromatic rings. The number of benzene rings is 1. The predicted molar refractivity (Wildman–Crippen MR) is 88.7 cm³/mol. The lowest BCUT2D eigenvalue weighted by molar-refractivity contribution is 0.110. The number of hydrogen-bond acceptors (Lipinski definition) is 3. The van der Waals surface area contributed by atoms with E-state index < -0.39 is 0 Å². The third kappa shape index (κ3) is 5.33. The van der Waals surface area contributed by atoms with Crippen LogP contribution in [0.3, 0.4) is 0 Å². The summed E-state index contributed by atoms with van der Waals surface area (Å²) in [5.74, 6) is 0.913. The maximum absolute atomic E-state index is 9.64. The molecule has 3 heteroatoms. The van der Waals surface area contributed by atoms with E-state index in [1.54, 1.807) is 0 Å². The van der Waals surface area contributed by atoms with Crippen LogP contribution in [-0.4, -0.2) is 24.4 Å². The van der Waals surface area contributed by atoms with Gasteiger partial charge in [-0.15, -0.1) is 0 Å². The molecule has 21 heavy (non-hydrogen) atoms. The highest BCUT2D eigenvalue weighted by Gasteiger charge is 2.25. The van der Waals surface area contributed by atoms with Gasteiger partial charge in [-0.3, -0.25) is 0 Å². The van der Waals surface area contributed by atoms with E-state index in [0.717, 1.165) is 25.1 Å². The zero-order valence-electron chi connectivity index (χ0n) is 14.1. The Morgan fingerprint density at radius 1 is 1.19 bits per heavy atom. The van der Waals surface area contributed by atoms with Crippen molar-refractivity contribution in [3.8, 4) is 5.75 Å². The quantitative estimate of drug-likeness (QED) is 0.725. The molecule has 0 spiro atoms. The van der Waals surface area contributed by atoms with Crippen LogP contribution in [0.25, 0.3) is 0 Å². The third-order valence-corrected chi connectivity index (χ3v) is 4.35. The molecular formula is C18H31NO2. The SMILES string of the molecule is CCC(CC)(CO)CNC(C)c1cccc(OC(C)C)c1. The molecule has 0 aromatic heterocycles. The largest absolute Gasteiger partial charge is 0.491 e. The Balaban J connectivity index is 2.69. The van der Waals surface area contributed by atoms with Crippen molar-refractivity contribution in [2.75, 3.05) is 13.2 Å². The molecule has 0 radical (unpaired) electrons. The van der Waals surface area contributed by atoms with Crippen LogP contribution in [0.5, 0.6) is 5.75 Å². The van der Waals surface area contributed by atoms with Crippen LogP contribution in [0.2, 0.25) is 0 Å². The van der Waals surface area contributed by atoms with E-state index >= 15 is 0 Å². The molecule has 0 saturated carbocycles. The predicted octanol–water partition coefficient (Wildman–Crippen LogP) is 3.92. The Morgan fingerprint density at radius 3 is 2.38 bits per heavy atom. The first kappa shape index (κ1) is 18.0. The molecule has 1 atom stereocenters. The topological polar surface area (TPSA) is 41.5 Å². The molecule has 1 aromatic carbocycles. The average Bonchev–Trinajstić information content (AvgIpc) is 2.48. The Labute approximate surface area is 129 Å². The van der Waals surface area contributed by atoms with Gasteiger partial charge in [0.05, 0.1) is 6.10 Å². The molecule has 0 aliphatic rings. The Kier molecular flexibility index (Phi) is 7.20. The van der Waals surface area contributed by atoms with Gasteiger partial charge in [-0.25, -0.2) is 0 Å². The zero-order valence-corrected chi connectivity index (χ0v) is 14.1. The molecule has 120 valence electrons. The average molecular weight is 293 g/mol. The summed E-state index contributed by atoms with van der Waals surface area (Å²) in [6.45, 7) is 11.6. The Morgan fingerprint density at radius 2 is 1.86 bits per heavy atom. The van der Waals surface area contributed by atoms with E-state index in [-0.39, 0.29) is 24.2 Å². The summed E-state index contributed by atoms with van der Waals surface area (Å²) < 4.78 is 5.75. The molecule has 0 bridgehead atoms. The lowest BCUT2D eigenvalue weighted by atomic mass is 9.83. The van der Waals surface area contributed by atoms with Crippen molar-refractivity contribution in [1.29, 1.82) is 0 Å². The molecule has 0 amide bonds. The summed E-state index contributed by atoms with van der Waals surface area (Å²) in [5.41, 5.74) is 1.20. The van der Waals surface area contributed by atoms with Crippen LogP contribution in [0, 0.1) is 5.41 Å². The number of ether oxygens (including phenoxy) is 1. The molecule has 0 saturated heterocycles. The second-order valence-electron chi connectivity index (χ2n) is 6.21. The van der Waals surface area contributed by atoms with Crippen molar-refractivity contribution in [3.05, 3.63) is 29.8 Å². The summed E-state index contributed by atoms with van der Waals surface area (Å²) in [4.78, 5) is 0. The molecule has 0 fully saturated rings. The van der Waals surface area contributed by atoms with Crippen molar-refractivity contribution in [1.82, 2.24) is 5.32 Å². The van der Waals surface area contributed by atoms with Gasteiger partial charge in [-0.1, -0.05) is 26.0 Å². The number of rotatable bonds is 9. The van der Waals surface area contributed by atoms with Crippen LogP contribution in [0.4, 0.5) is 0 Å². The minimum absolute atomic E-state index is 0.0136. The summed E-state index contributed by atoms with van der Waals surface area (Å²) >= 11 is 0. The van der Waals surface area contributed by atoms with Crippen molar-refractivity contribution in [3.63, 3.8) is 0 Å². The highest BCUT2D eigenvalue weighted by Crippen LogP contribution is 2.26. The highest BCUT2D eigenvalue weighted by atomic mass is 16.5. The lowest BCUT2D eigenvalue weighted by Crippen LogP contribution is -2.37. The van der Waals surface area contributed by atoms with Gasteiger partial charge in [0.2, 0.25) is 0 Å². The number of hydrogen-bond donors (Lipinski definition) is 2. The van der Waals surface area contributed by atoms with Gasteiger partial charge >= 0.3 is 0 Å². The smallest absolute Gasteiger partial charge is 0.120 e. The van der Waals surface area contributed by atoms with Gasteiger partial charge in [0.15, 0.2) is 0 Å². The summed E-state index contributed by atoms with van der Waals surface area (Å²) in [7, 11) is 0. The molecule has 2 N–H and O–H groups in total. The summed E-state index contributed by atoms with van der Waals surface area (Å²) in [6.07, 6.45) is 2.15. The van der Waals surface area contributed by atoms with Crippen molar-refractivity contribution in [2.45, 2.75) is 59.6 Å². The normalized spacial score (nSPS) is 13.5. The molecular weight excluding hydrogens is 262 g/mol. The van der Waals surface area contributed by atoms with Crippen LogP contribution in [0.1, 0.15) is 59.1 Å². The fraction of sp³-hybridized carbons (Fsp3) is 0.667. The van der Waals surface area contributed by atoms with E-state index in [1.807, 2.05) is 26.0 Å². The molecule has 0 heterocycles. The molecule has 1 unspecified atom stereocenters. The van der Waals surface area contributed by atoms with E-state index in [0.29, 0.717) is 0 Å². The first-order valence-corrected chi connectivity index (χ1v) is 8.07. The second kappa shape index (κ2) is 8.40. The highest BCUT2D eigenvalue weighted by molar-refractivity contribution is 5.30. The first-order valence-electron chi connectivity index (χ1n) is 8.07. The summed E-state index contributed by atoms with van der Waals surface area (Å²) in [6, 6.07) is 8.47. The number of aliphatic hydroxyl groups excluding tert-OH is 1. The second-order valence-corrected chi connectivity index (χ2v) is 6.21. The van der Waals surface area contributed by atoms with Gasteiger partial charge < -0.3 is 15.2 Å². The summed E-state index contributed by atoms with van der Waals surface area (Å²) in [5, 5.41) is 13.2.